The molecule has 4 nitrogen and oxygen atoms in total. The molecule has 0 aliphatic carbocycles. The Morgan fingerprint density at radius 1 is 0.640 bits per heavy atom. The van der Waals surface area contributed by atoms with E-state index in [2.05, 4.69) is 6.92 Å². The summed E-state index contributed by atoms with van der Waals surface area (Å²) < 4.78 is 22.4. The highest BCUT2D eigenvalue weighted by Crippen LogP contribution is 2.50. The Morgan fingerprint density at radius 3 is 1.36 bits per heavy atom. The first kappa shape index (κ1) is 24.8. The molecule has 150 valence electrons. The third kappa shape index (κ3) is 13.7. The Balaban J connectivity index is 3.51. The van der Waals surface area contributed by atoms with E-state index in [1.807, 2.05) is 0 Å². The third-order valence-electron chi connectivity index (χ3n) is 4.40. The molecule has 0 rings (SSSR count). The average molecular weight is 377 g/mol. The van der Waals surface area contributed by atoms with Gasteiger partial charge in [-0.15, -0.1) is 0 Å². The van der Waals surface area contributed by atoms with Crippen LogP contribution < -0.4 is 0 Å². The van der Waals surface area contributed by atoms with Crippen LogP contribution in [0.15, 0.2) is 0 Å². The van der Waals surface area contributed by atoms with Crippen molar-refractivity contribution in [1.82, 2.24) is 0 Å². The van der Waals surface area contributed by atoms with Crippen molar-refractivity contribution in [3.05, 3.63) is 0 Å². The van der Waals surface area contributed by atoms with Gasteiger partial charge in [0.1, 0.15) is 0 Å². The van der Waals surface area contributed by atoms with Gasteiger partial charge in [-0.25, -0.2) is 0 Å². The van der Waals surface area contributed by atoms with Crippen molar-refractivity contribution in [3.63, 3.8) is 0 Å². The highest BCUT2D eigenvalue weighted by atomic mass is 31.2. The lowest BCUT2D eigenvalue weighted by Crippen LogP contribution is -2.07. The Morgan fingerprint density at radius 2 is 1.00 bits per heavy atom. The van der Waals surface area contributed by atoms with Crippen LogP contribution in [-0.4, -0.2) is 18.7 Å². The zero-order valence-electron chi connectivity index (χ0n) is 16.9. The van der Waals surface area contributed by atoms with E-state index in [4.69, 9.17) is 9.05 Å². The number of hydrogen-bond donors (Lipinski definition) is 0. The fourth-order valence-corrected chi connectivity index (χ4v) is 4.43. The lowest BCUT2D eigenvalue weighted by Gasteiger charge is -2.15. The van der Waals surface area contributed by atoms with E-state index in [0.717, 1.165) is 19.3 Å². The van der Waals surface area contributed by atoms with E-state index in [1.54, 1.807) is 13.8 Å². The third-order valence-corrected chi connectivity index (χ3v) is 6.43. The largest absolute Gasteiger partial charge is 0.396 e. The van der Waals surface area contributed by atoms with Gasteiger partial charge in [0.05, 0.1) is 13.2 Å². The summed E-state index contributed by atoms with van der Waals surface area (Å²) in [7, 11) is -3.53. The quantitative estimate of drug-likeness (QED) is 0.176. The van der Waals surface area contributed by atoms with Gasteiger partial charge < -0.3 is 9.05 Å². The first-order valence-corrected chi connectivity index (χ1v) is 12.1. The molecule has 0 amide bonds. The van der Waals surface area contributed by atoms with Crippen molar-refractivity contribution < 1.29 is 18.4 Å². The molecule has 0 spiro atoms. The lowest BCUT2D eigenvalue weighted by molar-refractivity contribution is -0.114. The molecule has 0 aliphatic heterocycles. The summed E-state index contributed by atoms with van der Waals surface area (Å²) in [4.78, 5) is 12.0. The highest BCUT2D eigenvalue weighted by Gasteiger charge is 2.32. The Labute approximate surface area is 156 Å². The van der Waals surface area contributed by atoms with E-state index in [9.17, 15) is 9.36 Å². The smallest absolute Gasteiger partial charge is 0.303 e. The van der Waals surface area contributed by atoms with Gasteiger partial charge in [0.15, 0.2) is 0 Å². The van der Waals surface area contributed by atoms with Crippen LogP contribution in [0.25, 0.3) is 0 Å². The average Bonchev–Trinajstić information content (AvgIpc) is 2.59. The molecule has 0 bridgehead atoms. The molecule has 0 aromatic carbocycles. The minimum atomic E-state index is -3.53. The van der Waals surface area contributed by atoms with Gasteiger partial charge >= 0.3 is 7.60 Å². The van der Waals surface area contributed by atoms with Crippen molar-refractivity contribution in [3.8, 4) is 0 Å². The van der Waals surface area contributed by atoms with Gasteiger partial charge in [0, 0.05) is 6.42 Å². The summed E-state index contributed by atoms with van der Waals surface area (Å²) in [6.45, 7) is 6.18. The van der Waals surface area contributed by atoms with Crippen LogP contribution in [0.4, 0.5) is 0 Å². The van der Waals surface area contributed by atoms with Gasteiger partial charge in [0.2, 0.25) is 5.52 Å². The number of hydrogen-bond acceptors (Lipinski definition) is 4. The predicted octanol–water partition coefficient (Wildman–Crippen LogP) is 7.26. The number of carbonyl (C=O) groups is 1. The number of carbonyl (C=O) groups excluding carboxylic acids is 1. The summed E-state index contributed by atoms with van der Waals surface area (Å²) in [6.07, 6.45) is 16.7. The molecule has 0 heterocycles. The molecule has 0 aliphatic rings. The minimum Gasteiger partial charge on any atom is -0.303 e. The van der Waals surface area contributed by atoms with Crippen LogP contribution in [0.5, 0.6) is 0 Å². The van der Waals surface area contributed by atoms with Crippen molar-refractivity contribution in [2.45, 2.75) is 111 Å². The molecule has 5 heteroatoms. The van der Waals surface area contributed by atoms with Gasteiger partial charge in [-0.3, -0.25) is 9.36 Å². The monoisotopic (exact) mass is 376 g/mol. The maximum atomic E-state index is 12.3. The first-order valence-electron chi connectivity index (χ1n) is 10.5. The summed E-state index contributed by atoms with van der Waals surface area (Å²) in [6, 6.07) is 0. The van der Waals surface area contributed by atoms with Gasteiger partial charge in [-0.2, -0.15) is 0 Å². The fraction of sp³-hybridized carbons (Fsp3) is 0.950. The SMILES string of the molecule is CCCCCCCCCCCCCCCC(=O)P(=O)(OCC)OCC. The van der Waals surface area contributed by atoms with E-state index < -0.39 is 7.60 Å². The molecule has 0 saturated carbocycles. The van der Waals surface area contributed by atoms with Crippen LogP contribution in [0.2, 0.25) is 0 Å². The summed E-state index contributed by atoms with van der Waals surface area (Å²) in [5.41, 5.74) is -0.362. The lowest BCUT2D eigenvalue weighted by atomic mass is 10.0. The van der Waals surface area contributed by atoms with Crippen molar-refractivity contribution >= 4 is 13.1 Å². The van der Waals surface area contributed by atoms with Crippen LogP contribution in [0.1, 0.15) is 111 Å². The van der Waals surface area contributed by atoms with E-state index >= 15 is 0 Å². The molecule has 0 unspecified atom stereocenters. The number of unbranched alkanes of at least 4 members (excludes halogenated alkanes) is 12. The Bertz CT molecular complexity index is 348. The standard InChI is InChI=1S/C20H41O4P/c1-4-7-8-9-10-11-12-13-14-15-16-17-18-19-20(21)25(22,23-5-2)24-6-3/h4-19H2,1-3H3. The minimum absolute atomic E-state index is 0.238. The molecule has 0 atom stereocenters. The normalized spacial score (nSPS) is 11.8. The molecular weight excluding hydrogens is 335 g/mol. The molecule has 25 heavy (non-hydrogen) atoms. The van der Waals surface area contributed by atoms with Crippen LogP contribution >= 0.6 is 7.60 Å². The summed E-state index contributed by atoms with van der Waals surface area (Å²) in [5.74, 6) is 0. The molecule has 0 fully saturated rings. The van der Waals surface area contributed by atoms with Gasteiger partial charge in [-0.1, -0.05) is 84.0 Å². The Kier molecular flexibility index (Phi) is 17.1. The summed E-state index contributed by atoms with van der Waals surface area (Å²) >= 11 is 0. The van der Waals surface area contributed by atoms with Crippen LogP contribution in [-0.2, 0) is 18.4 Å². The molecule has 0 aromatic rings. The fourth-order valence-electron chi connectivity index (χ4n) is 2.95. The second-order valence-electron chi connectivity index (χ2n) is 6.72. The Hall–Kier alpha value is -0.180. The van der Waals surface area contributed by atoms with Crippen LogP contribution in [0.3, 0.4) is 0 Å². The number of rotatable bonds is 19. The first-order chi connectivity index (χ1) is 12.1. The van der Waals surface area contributed by atoms with Gasteiger partial charge in [-0.05, 0) is 20.3 Å². The second kappa shape index (κ2) is 17.2. The topological polar surface area (TPSA) is 52.6 Å². The molecule has 0 aromatic heterocycles. The van der Waals surface area contributed by atoms with Crippen molar-refractivity contribution in [1.29, 1.82) is 0 Å². The second-order valence-corrected chi connectivity index (χ2v) is 8.73. The molecule has 0 N–H and O–H groups in total. The van der Waals surface area contributed by atoms with E-state index in [0.29, 0.717) is 6.42 Å². The maximum Gasteiger partial charge on any atom is 0.396 e. The van der Waals surface area contributed by atoms with Crippen LogP contribution in [0, 0.1) is 0 Å². The van der Waals surface area contributed by atoms with Crippen molar-refractivity contribution in [2.75, 3.05) is 13.2 Å². The zero-order chi connectivity index (χ0) is 18.8. The molecule has 0 saturated heterocycles. The molecular formula is C20H41O4P. The molecule has 0 radical (unpaired) electrons. The van der Waals surface area contributed by atoms with E-state index in [1.165, 1.54) is 64.2 Å². The maximum absolute atomic E-state index is 12.3. The van der Waals surface area contributed by atoms with Crippen molar-refractivity contribution in [2.24, 2.45) is 0 Å². The highest BCUT2D eigenvalue weighted by molar-refractivity contribution is 7.71. The zero-order valence-corrected chi connectivity index (χ0v) is 17.8. The van der Waals surface area contributed by atoms with E-state index in [-0.39, 0.29) is 18.7 Å². The summed E-state index contributed by atoms with van der Waals surface area (Å²) in [5, 5.41) is 0. The van der Waals surface area contributed by atoms with Gasteiger partial charge in [0.25, 0.3) is 0 Å². The predicted molar refractivity (Wildman–Crippen MR) is 106 cm³/mol.